The van der Waals surface area contributed by atoms with Crippen LogP contribution in [0.4, 0.5) is 0 Å². The zero-order valence-electron chi connectivity index (χ0n) is 15.2. The maximum atomic E-state index is 4.60. The van der Waals surface area contributed by atoms with Gasteiger partial charge in [0.1, 0.15) is 5.65 Å². The summed E-state index contributed by atoms with van der Waals surface area (Å²) in [5.41, 5.74) is 5.70. The van der Waals surface area contributed by atoms with Gasteiger partial charge in [0, 0.05) is 35.6 Å². The Balaban J connectivity index is 1.33. The number of nitrogens with one attached hydrogen (secondary N) is 3. The Morgan fingerprint density at radius 3 is 2.89 bits per heavy atom. The highest BCUT2D eigenvalue weighted by Gasteiger charge is 2.22. The molecule has 5 heteroatoms. The Kier molecular flexibility index (Phi) is 4.13. The molecule has 2 aliphatic rings. The van der Waals surface area contributed by atoms with Crippen molar-refractivity contribution in [2.45, 2.75) is 19.3 Å². The number of aromatic nitrogens is 2. The van der Waals surface area contributed by atoms with Crippen molar-refractivity contribution in [3.05, 3.63) is 71.2 Å². The number of H-pyrrole nitrogens is 1. The van der Waals surface area contributed by atoms with Crippen LogP contribution < -0.4 is 10.6 Å². The summed E-state index contributed by atoms with van der Waals surface area (Å²) < 4.78 is 0. The van der Waals surface area contributed by atoms with Gasteiger partial charge in [-0.25, -0.2) is 9.98 Å². The molecule has 3 aromatic rings. The lowest BCUT2D eigenvalue weighted by molar-refractivity contribution is 0.762. The van der Waals surface area contributed by atoms with E-state index in [2.05, 4.69) is 62.0 Å². The van der Waals surface area contributed by atoms with Gasteiger partial charge in [-0.2, -0.15) is 0 Å². The quantitative estimate of drug-likeness (QED) is 0.655. The average molecular weight is 357 g/mol. The first-order valence-electron chi connectivity index (χ1n) is 9.59. The van der Waals surface area contributed by atoms with E-state index in [-0.39, 0.29) is 0 Å². The number of fused-ring (bicyclic) bond motifs is 1. The summed E-state index contributed by atoms with van der Waals surface area (Å²) in [5.74, 6) is 1.74. The minimum absolute atomic E-state index is 0.691. The highest BCUT2D eigenvalue weighted by molar-refractivity contribution is 5.90. The van der Waals surface area contributed by atoms with Crippen molar-refractivity contribution < 1.29 is 0 Å². The molecule has 0 unspecified atom stereocenters. The first-order valence-corrected chi connectivity index (χ1v) is 9.59. The summed E-state index contributed by atoms with van der Waals surface area (Å²) in [6.45, 7) is 1.72. The van der Waals surface area contributed by atoms with Crippen LogP contribution in [0.3, 0.4) is 0 Å². The van der Waals surface area contributed by atoms with Gasteiger partial charge < -0.3 is 15.6 Å². The van der Waals surface area contributed by atoms with Crippen molar-refractivity contribution in [1.29, 1.82) is 0 Å². The molecule has 3 N–H and O–H groups in total. The van der Waals surface area contributed by atoms with E-state index < -0.39 is 0 Å². The van der Waals surface area contributed by atoms with Crippen LogP contribution in [0.5, 0.6) is 0 Å². The Morgan fingerprint density at radius 2 is 2.04 bits per heavy atom. The molecule has 136 valence electrons. The summed E-state index contributed by atoms with van der Waals surface area (Å²) in [6.07, 6.45) is 9.73. The molecule has 5 rings (SSSR count). The second-order valence-corrected chi connectivity index (χ2v) is 7.43. The van der Waals surface area contributed by atoms with E-state index in [1.165, 1.54) is 24.0 Å². The number of hydrogen-bond donors (Lipinski definition) is 3. The van der Waals surface area contributed by atoms with Crippen molar-refractivity contribution in [1.82, 2.24) is 20.6 Å². The number of pyridine rings is 1. The number of hydrogen-bond acceptors (Lipinski definition) is 4. The number of aromatic amines is 1. The van der Waals surface area contributed by atoms with E-state index >= 15 is 0 Å². The number of nitrogens with zero attached hydrogens (tertiary/aromatic N) is 2. The van der Waals surface area contributed by atoms with E-state index in [4.69, 9.17) is 0 Å². The Labute approximate surface area is 158 Å². The molecule has 0 saturated heterocycles. The standard InChI is InChI=1S/C22H23N5/c1-2-4-15(5-3-1)8-17-9-20-18(13-24-21(20)23-12-17)10-19-14-26-22(27-19)25-11-16-6-7-16/h1-5,9-10,12-13,16H,6-8,11,14H2,(H,23,24)(H2,25,26,27)/b19-10-. The van der Waals surface area contributed by atoms with Gasteiger partial charge >= 0.3 is 0 Å². The van der Waals surface area contributed by atoms with E-state index in [9.17, 15) is 0 Å². The predicted octanol–water partition coefficient (Wildman–Crippen LogP) is 3.45. The molecule has 0 bridgehead atoms. The van der Waals surface area contributed by atoms with Crippen LogP contribution in [0.25, 0.3) is 17.1 Å². The lowest BCUT2D eigenvalue weighted by atomic mass is 10.0. The third-order valence-electron chi connectivity index (χ3n) is 5.14. The maximum absolute atomic E-state index is 4.60. The summed E-state index contributed by atoms with van der Waals surface area (Å²) >= 11 is 0. The summed E-state index contributed by atoms with van der Waals surface area (Å²) in [7, 11) is 0. The highest BCUT2D eigenvalue weighted by atomic mass is 15.2. The fraction of sp³-hybridized carbons (Fsp3) is 0.273. The van der Waals surface area contributed by atoms with Crippen molar-refractivity contribution in [2.24, 2.45) is 10.9 Å². The largest absolute Gasteiger partial charge is 0.356 e. The Bertz CT molecular complexity index is 1010. The smallest absolute Gasteiger partial charge is 0.196 e. The normalized spacial score (nSPS) is 17.9. The van der Waals surface area contributed by atoms with Gasteiger partial charge in [0.05, 0.1) is 6.54 Å². The summed E-state index contributed by atoms with van der Waals surface area (Å²) in [5, 5.41) is 7.95. The zero-order chi connectivity index (χ0) is 18.1. The van der Waals surface area contributed by atoms with Gasteiger partial charge in [-0.05, 0) is 48.4 Å². The van der Waals surface area contributed by atoms with Crippen LogP contribution in [0, 0.1) is 5.92 Å². The molecule has 0 amide bonds. The molecule has 1 saturated carbocycles. The lowest BCUT2D eigenvalue weighted by Gasteiger charge is -2.06. The first-order chi connectivity index (χ1) is 13.3. The Hall–Kier alpha value is -3.08. The molecular formula is C22H23N5. The fourth-order valence-corrected chi connectivity index (χ4v) is 3.44. The van der Waals surface area contributed by atoms with Crippen LogP contribution in [0.15, 0.2) is 59.5 Å². The van der Waals surface area contributed by atoms with E-state index in [1.807, 2.05) is 18.5 Å². The fourth-order valence-electron chi connectivity index (χ4n) is 3.44. The van der Waals surface area contributed by atoms with E-state index in [0.29, 0.717) is 6.54 Å². The molecule has 0 radical (unpaired) electrons. The third-order valence-corrected chi connectivity index (χ3v) is 5.14. The van der Waals surface area contributed by atoms with Crippen molar-refractivity contribution in [3.63, 3.8) is 0 Å². The molecule has 1 fully saturated rings. The topological polar surface area (TPSA) is 65.1 Å². The number of guanidine groups is 1. The molecule has 1 aliphatic carbocycles. The molecule has 1 aromatic carbocycles. The van der Waals surface area contributed by atoms with Gasteiger partial charge in [-0.15, -0.1) is 0 Å². The van der Waals surface area contributed by atoms with E-state index in [0.717, 1.165) is 47.1 Å². The van der Waals surface area contributed by atoms with Crippen LogP contribution in [-0.2, 0) is 6.42 Å². The van der Waals surface area contributed by atoms with Crippen LogP contribution >= 0.6 is 0 Å². The van der Waals surface area contributed by atoms with Crippen molar-refractivity contribution in [2.75, 3.05) is 13.1 Å². The molecule has 3 heterocycles. The molecule has 27 heavy (non-hydrogen) atoms. The number of benzene rings is 1. The molecular weight excluding hydrogens is 334 g/mol. The van der Waals surface area contributed by atoms with Gasteiger partial charge in [-0.3, -0.25) is 0 Å². The minimum atomic E-state index is 0.691. The van der Waals surface area contributed by atoms with Gasteiger partial charge in [0.25, 0.3) is 0 Å². The second-order valence-electron chi connectivity index (χ2n) is 7.43. The highest BCUT2D eigenvalue weighted by Crippen LogP contribution is 2.27. The molecule has 5 nitrogen and oxygen atoms in total. The number of rotatable bonds is 5. The maximum Gasteiger partial charge on any atom is 0.196 e. The molecule has 0 atom stereocenters. The predicted molar refractivity (Wildman–Crippen MR) is 109 cm³/mol. The monoisotopic (exact) mass is 357 g/mol. The van der Waals surface area contributed by atoms with Crippen LogP contribution in [0.1, 0.15) is 29.5 Å². The average Bonchev–Trinajstić information content (AvgIpc) is 3.29. The number of aliphatic imine (C=N–C) groups is 1. The van der Waals surface area contributed by atoms with Crippen molar-refractivity contribution in [3.8, 4) is 0 Å². The lowest BCUT2D eigenvalue weighted by Crippen LogP contribution is -2.34. The molecule has 0 spiro atoms. The van der Waals surface area contributed by atoms with Gasteiger partial charge in [0.2, 0.25) is 0 Å². The third kappa shape index (κ3) is 3.72. The minimum Gasteiger partial charge on any atom is -0.356 e. The molecule has 1 aliphatic heterocycles. The first kappa shape index (κ1) is 16.1. The molecule has 2 aromatic heterocycles. The van der Waals surface area contributed by atoms with Crippen LogP contribution in [0.2, 0.25) is 0 Å². The van der Waals surface area contributed by atoms with Crippen LogP contribution in [-0.4, -0.2) is 29.0 Å². The Morgan fingerprint density at radius 1 is 1.15 bits per heavy atom. The summed E-state index contributed by atoms with van der Waals surface area (Å²) in [6, 6.07) is 12.7. The van der Waals surface area contributed by atoms with E-state index in [1.54, 1.807) is 0 Å². The van der Waals surface area contributed by atoms with Crippen molar-refractivity contribution >= 4 is 23.1 Å². The van der Waals surface area contributed by atoms with Gasteiger partial charge in [-0.1, -0.05) is 30.3 Å². The SMILES string of the molecule is C(=C1\CN=C(NCC2CC2)N1)/c1c[nH]c2ncc(Cc3ccccc3)cc12. The second kappa shape index (κ2) is 6.91. The van der Waals surface area contributed by atoms with Gasteiger partial charge in [0.15, 0.2) is 5.96 Å². The summed E-state index contributed by atoms with van der Waals surface area (Å²) in [4.78, 5) is 12.4. The zero-order valence-corrected chi connectivity index (χ0v) is 15.2.